The Hall–Kier alpha value is -1.42. The highest BCUT2D eigenvalue weighted by molar-refractivity contribution is 7.97. The van der Waals surface area contributed by atoms with Gasteiger partial charge >= 0.3 is 5.97 Å². The molecule has 0 fully saturated rings. The molecule has 90 valence electrons. The highest BCUT2D eigenvalue weighted by Crippen LogP contribution is 2.25. The fourth-order valence-corrected chi connectivity index (χ4v) is 2.57. The van der Waals surface area contributed by atoms with Gasteiger partial charge in [0.1, 0.15) is 0 Å². The molecule has 0 saturated carbocycles. The Morgan fingerprint density at radius 1 is 1.47 bits per heavy atom. The van der Waals surface area contributed by atoms with Crippen LogP contribution in [0.2, 0.25) is 0 Å². The molecule has 1 aromatic carbocycles. The second-order valence-corrected chi connectivity index (χ2v) is 4.78. The van der Waals surface area contributed by atoms with Crippen molar-refractivity contribution in [2.75, 3.05) is 6.26 Å². The number of thioether (sulfide) groups is 1. The molecule has 0 unspecified atom stereocenters. The summed E-state index contributed by atoms with van der Waals surface area (Å²) in [5, 5.41) is 10.2. The summed E-state index contributed by atoms with van der Waals surface area (Å²) in [6, 6.07) is 5.34. The van der Waals surface area contributed by atoms with Crippen LogP contribution in [-0.2, 0) is 12.3 Å². The molecule has 0 aliphatic rings. The van der Waals surface area contributed by atoms with Crippen molar-refractivity contribution < 1.29 is 9.90 Å². The zero-order valence-corrected chi connectivity index (χ0v) is 10.8. The Bertz CT molecular complexity index is 560. The van der Waals surface area contributed by atoms with E-state index in [1.807, 2.05) is 6.07 Å². The SMILES string of the molecule is CCn1cc(CSC)c2ccc(C(=O)O)cc21. The van der Waals surface area contributed by atoms with Crippen molar-refractivity contribution in [3.8, 4) is 0 Å². The summed E-state index contributed by atoms with van der Waals surface area (Å²) in [7, 11) is 0. The first-order chi connectivity index (χ1) is 8.17. The molecule has 2 rings (SSSR count). The molecule has 0 aliphatic heterocycles. The van der Waals surface area contributed by atoms with Gasteiger partial charge in [-0.1, -0.05) is 6.07 Å². The maximum absolute atomic E-state index is 11.0. The minimum absolute atomic E-state index is 0.348. The second kappa shape index (κ2) is 4.84. The molecule has 0 aliphatic carbocycles. The van der Waals surface area contributed by atoms with Crippen molar-refractivity contribution in [1.29, 1.82) is 0 Å². The van der Waals surface area contributed by atoms with Crippen LogP contribution >= 0.6 is 11.8 Å². The van der Waals surface area contributed by atoms with Crippen molar-refractivity contribution in [2.45, 2.75) is 19.2 Å². The van der Waals surface area contributed by atoms with E-state index in [-0.39, 0.29) is 0 Å². The Labute approximate surface area is 104 Å². The zero-order valence-electron chi connectivity index (χ0n) is 9.93. The lowest BCUT2D eigenvalue weighted by molar-refractivity contribution is 0.0697. The number of aromatic nitrogens is 1. The first-order valence-corrected chi connectivity index (χ1v) is 6.90. The highest BCUT2D eigenvalue weighted by Gasteiger charge is 2.10. The van der Waals surface area contributed by atoms with Crippen LogP contribution in [0.1, 0.15) is 22.8 Å². The fraction of sp³-hybridized carbons (Fsp3) is 0.308. The number of carbonyl (C=O) groups is 1. The third-order valence-electron chi connectivity index (χ3n) is 2.85. The second-order valence-electron chi connectivity index (χ2n) is 3.91. The van der Waals surface area contributed by atoms with Gasteiger partial charge in [-0.15, -0.1) is 0 Å². The number of fused-ring (bicyclic) bond motifs is 1. The lowest BCUT2D eigenvalue weighted by Gasteiger charge is -2.01. The number of carboxylic acids is 1. The number of hydrogen-bond acceptors (Lipinski definition) is 2. The minimum Gasteiger partial charge on any atom is -0.478 e. The summed E-state index contributed by atoms with van der Waals surface area (Å²) in [5.74, 6) is 0.0813. The number of nitrogens with zero attached hydrogens (tertiary/aromatic N) is 1. The number of aryl methyl sites for hydroxylation is 1. The van der Waals surface area contributed by atoms with Crippen LogP contribution in [0.25, 0.3) is 10.9 Å². The highest BCUT2D eigenvalue weighted by atomic mass is 32.2. The van der Waals surface area contributed by atoms with E-state index in [0.29, 0.717) is 5.56 Å². The number of carboxylic acid groups (broad SMARTS) is 1. The van der Waals surface area contributed by atoms with E-state index < -0.39 is 5.97 Å². The standard InChI is InChI=1S/C13H15NO2S/c1-3-14-7-10(8-17-2)11-5-4-9(13(15)16)6-12(11)14/h4-7H,3,8H2,1-2H3,(H,15,16). The van der Waals surface area contributed by atoms with E-state index in [1.165, 1.54) is 5.56 Å². The van der Waals surface area contributed by atoms with Crippen LogP contribution in [-0.4, -0.2) is 21.9 Å². The van der Waals surface area contributed by atoms with E-state index >= 15 is 0 Å². The summed E-state index contributed by atoms with van der Waals surface area (Å²) in [4.78, 5) is 11.0. The first-order valence-electron chi connectivity index (χ1n) is 5.51. The van der Waals surface area contributed by atoms with E-state index in [4.69, 9.17) is 5.11 Å². The van der Waals surface area contributed by atoms with Crippen LogP contribution < -0.4 is 0 Å². The molecule has 1 heterocycles. The van der Waals surface area contributed by atoms with Crippen LogP contribution in [0.4, 0.5) is 0 Å². The van der Waals surface area contributed by atoms with Gasteiger partial charge in [0.15, 0.2) is 0 Å². The van der Waals surface area contributed by atoms with Crippen molar-refractivity contribution >= 4 is 28.6 Å². The summed E-state index contributed by atoms with van der Waals surface area (Å²) in [6.45, 7) is 2.92. The fourth-order valence-electron chi connectivity index (χ4n) is 2.03. The van der Waals surface area contributed by atoms with Crippen LogP contribution in [0, 0.1) is 0 Å². The van der Waals surface area contributed by atoms with Gasteiger partial charge in [0.05, 0.1) is 5.56 Å². The van der Waals surface area contributed by atoms with E-state index in [0.717, 1.165) is 23.2 Å². The predicted octanol–water partition coefficient (Wildman–Crippen LogP) is 3.22. The number of aromatic carboxylic acids is 1. The molecule has 0 spiro atoms. The Balaban J connectivity index is 2.63. The lowest BCUT2D eigenvalue weighted by atomic mass is 10.1. The molecule has 1 N–H and O–H groups in total. The molecule has 2 aromatic rings. The van der Waals surface area contributed by atoms with E-state index in [1.54, 1.807) is 23.9 Å². The molecule has 17 heavy (non-hydrogen) atoms. The summed E-state index contributed by atoms with van der Waals surface area (Å²) in [5.41, 5.74) is 2.63. The van der Waals surface area contributed by atoms with Crippen LogP contribution in [0.5, 0.6) is 0 Å². The van der Waals surface area contributed by atoms with E-state index in [9.17, 15) is 4.79 Å². The molecule has 0 radical (unpaired) electrons. The molecular formula is C13H15NO2S. The van der Waals surface area contributed by atoms with Gasteiger partial charge in [0.2, 0.25) is 0 Å². The molecule has 0 atom stereocenters. The van der Waals surface area contributed by atoms with Crippen LogP contribution in [0.15, 0.2) is 24.4 Å². The van der Waals surface area contributed by atoms with Gasteiger partial charge in [0, 0.05) is 29.4 Å². The largest absolute Gasteiger partial charge is 0.478 e. The molecule has 0 saturated heterocycles. The van der Waals surface area contributed by atoms with Crippen molar-refractivity contribution in [3.05, 3.63) is 35.5 Å². The van der Waals surface area contributed by atoms with Gasteiger partial charge in [0.25, 0.3) is 0 Å². The topological polar surface area (TPSA) is 42.2 Å². The average Bonchev–Trinajstić information content (AvgIpc) is 2.67. The summed E-state index contributed by atoms with van der Waals surface area (Å²) >= 11 is 1.77. The Kier molecular flexibility index (Phi) is 3.43. The molecular weight excluding hydrogens is 234 g/mol. The van der Waals surface area contributed by atoms with Crippen LogP contribution in [0.3, 0.4) is 0 Å². The summed E-state index contributed by atoms with van der Waals surface area (Å²) in [6.07, 6.45) is 4.19. The quantitative estimate of drug-likeness (QED) is 0.904. The Morgan fingerprint density at radius 3 is 2.82 bits per heavy atom. The van der Waals surface area contributed by atoms with Crippen molar-refractivity contribution in [1.82, 2.24) is 4.57 Å². The van der Waals surface area contributed by atoms with Gasteiger partial charge in [-0.3, -0.25) is 0 Å². The van der Waals surface area contributed by atoms with Crippen molar-refractivity contribution in [2.24, 2.45) is 0 Å². The molecule has 3 nitrogen and oxygen atoms in total. The van der Waals surface area contributed by atoms with Crippen molar-refractivity contribution in [3.63, 3.8) is 0 Å². The normalized spacial score (nSPS) is 10.9. The smallest absolute Gasteiger partial charge is 0.335 e. The Morgan fingerprint density at radius 2 is 2.24 bits per heavy atom. The van der Waals surface area contributed by atoms with Gasteiger partial charge in [-0.05, 0) is 30.9 Å². The number of rotatable bonds is 4. The molecule has 0 amide bonds. The van der Waals surface area contributed by atoms with E-state index in [2.05, 4.69) is 23.9 Å². The first kappa shape index (κ1) is 12.0. The predicted molar refractivity (Wildman–Crippen MR) is 71.8 cm³/mol. The van der Waals surface area contributed by atoms with Gasteiger partial charge in [-0.2, -0.15) is 11.8 Å². The van der Waals surface area contributed by atoms with Gasteiger partial charge < -0.3 is 9.67 Å². The zero-order chi connectivity index (χ0) is 12.4. The maximum Gasteiger partial charge on any atom is 0.335 e. The molecule has 1 aromatic heterocycles. The average molecular weight is 249 g/mol. The minimum atomic E-state index is -0.873. The number of hydrogen-bond donors (Lipinski definition) is 1. The lowest BCUT2D eigenvalue weighted by Crippen LogP contribution is -1.97. The molecule has 0 bridgehead atoms. The third kappa shape index (κ3) is 2.17. The molecule has 4 heteroatoms. The maximum atomic E-state index is 11.0. The summed E-state index contributed by atoms with van der Waals surface area (Å²) < 4.78 is 2.10. The number of benzene rings is 1. The third-order valence-corrected chi connectivity index (χ3v) is 3.45. The van der Waals surface area contributed by atoms with Gasteiger partial charge in [-0.25, -0.2) is 4.79 Å². The monoisotopic (exact) mass is 249 g/mol.